The third kappa shape index (κ3) is 4.98. The van der Waals surface area contributed by atoms with E-state index in [0.717, 1.165) is 51.4 Å². The number of ether oxygens (including phenoxy) is 2. The molecule has 2 aliphatic heterocycles. The van der Waals surface area contributed by atoms with Crippen LogP contribution in [0.2, 0.25) is 0 Å². The predicted octanol–water partition coefficient (Wildman–Crippen LogP) is 10.2. The molecule has 5 nitrogen and oxygen atoms in total. The monoisotopic (exact) mass is 580 g/mol. The van der Waals surface area contributed by atoms with E-state index in [-0.39, 0.29) is 5.97 Å². The van der Waals surface area contributed by atoms with E-state index in [2.05, 4.69) is 54.8 Å². The summed E-state index contributed by atoms with van der Waals surface area (Å²) in [5.41, 5.74) is 8.04. The summed E-state index contributed by atoms with van der Waals surface area (Å²) in [7, 11) is 0. The minimum absolute atomic E-state index is 0.338. The maximum atomic E-state index is 13.3. The van der Waals surface area contributed by atoms with Gasteiger partial charge in [0.15, 0.2) is 5.60 Å². The van der Waals surface area contributed by atoms with Gasteiger partial charge in [-0.2, -0.15) is 0 Å². The van der Waals surface area contributed by atoms with Crippen LogP contribution in [0.25, 0.3) is 0 Å². The van der Waals surface area contributed by atoms with Gasteiger partial charge >= 0.3 is 5.97 Å². The summed E-state index contributed by atoms with van der Waals surface area (Å²) in [6.45, 7) is 4.29. The molecule has 0 saturated carbocycles. The van der Waals surface area contributed by atoms with Gasteiger partial charge in [-0.3, -0.25) is 0 Å². The summed E-state index contributed by atoms with van der Waals surface area (Å²) in [5.74, 6) is 0.986. The largest absolute Gasteiger partial charge is 0.456 e. The second kappa shape index (κ2) is 11.6. The highest BCUT2D eigenvalue weighted by molar-refractivity contribution is 5.97. The van der Waals surface area contributed by atoms with Crippen LogP contribution in [0, 0.1) is 6.92 Å². The fourth-order valence-corrected chi connectivity index (χ4v) is 6.39. The smallest absolute Gasteiger partial charge is 0.340 e. The van der Waals surface area contributed by atoms with Crippen molar-refractivity contribution in [1.29, 1.82) is 0 Å². The number of carbonyl (C=O) groups is 1. The van der Waals surface area contributed by atoms with Crippen LogP contribution >= 0.6 is 0 Å². The number of benzene rings is 5. The molecular weight excluding hydrogens is 544 g/mol. The lowest BCUT2D eigenvalue weighted by molar-refractivity contribution is 0.0224. The minimum Gasteiger partial charge on any atom is -0.456 e. The first-order valence-corrected chi connectivity index (χ1v) is 15.5. The van der Waals surface area contributed by atoms with Crippen molar-refractivity contribution in [3.8, 4) is 11.5 Å². The first-order chi connectivity index (χ1) is 21.5. The molecular formula is C39H36N2O3. The summed E-state index contributed by atoms with van der Waals surface area (Å²) in [6, 6.07) is 36.5. The van der Waals surface area contributed by atoms with Gasteiger partial charge in [0, 0.05) is 45.5 Å². The number of carbonyl (C=O) groups excluding carboxylic acids is 1. The van der Waals surface area contributed by atoms with E-state index in [9.17, 15) is 4.79 Å². The van der Waals surface area contributed by atoms with E-state index in [1.807, 2.05) is 78.9 Å². The normalized spacial score (nSPS) is 16.0. The second-order valence-electron chi connectivity index (χ2n) is 11.7. The zero-order valence-electron chi connectivity index (χ0n) is 25.2. The van der Waals surface area contributed by atoms with Crippen molar-refractivity contribution < 1.29 is 14.3 Å². The van der Waals surface area contributed by atoms with Gasteiger partial charge in [-0.1, -0.05) is 74.7 Å². The molecule has 0 aliphatic carbocycles. The van der Waals surface area contributed by atoms with E-state index < -0.39 is 5.60 Å². The Kier molecular flexibility index (Phi) is 7.31. The van der Waals surface area contributed by atoms with E-state index >= 15 is 0 Å². The Morgan fingerprint density at radius 2 is 1.39 bits per heavy atom. The van der Waals surface area contributed by atoms with Gasteiger partial charge in [0.1, 0.15) is 11.5 Å². The number of unbranched alkanes of at least 4 members (excludes halogenated alkanes) is 3. The van der Waals surface area contributed by atoms with Crippen molar-refractivity contribution in [2.45, 2.75) is 51.6 Å². The van der Waals surface area contributed by atoms with Crippen molar-refractivity contribution >= 4 is 28.7 Å². The highest BCUT2D eigenvalue weighted by Crippen LogP contribution is 2.57. The van der Waals surface area contributed by atoms with Gasteiger partial charge in [0.2, 0.25) is 0 Å². The summed E-state index contributed by atoms with van der Waals surface area (Å²) >= 11 is 0. The number of nitrogens with one attached hydrogen (secondary N) is 2. The molecule has 1 spiro atoms. The Labute approximate surface area is 258 Å². The van der Waals surface area contributed by atoms with Crippen LogP contribution in [0.15, 0.2) is 109 Å². The molecule has 44 heavy (non-hydrogen) atoms. The van der Waals surface area contributed by atoms with Gasteiger partial charge in [0.05, 0.1) is 5.56 Å². The maximum absolute atomic E-state index is 13.3. The first-order valence-electron chi connectivity index (χ1n) is 15.5. The van der Waals surface area contributed by atoms with Crippen LogP contribution in [0.5, 0.6) is 11.5 Å². The van der Waals surface area contributed by atoms with Gasteiger partial charge in [-0.05, 0) is 85.5 Å². The minimum atomic E-state index is -1.13. The average Bonchev–Trinajstić information content (AvgIpc) is 3.34. The van der Waals surface area contributed by atoms with Crippen molar-refractivity contribution in [2.75, 3.05) is 10.6 Å². The molecule has 1 atom stereocenters. The Balaban J connectivity index is 1.25. The molecule has 1 unspecified atom stereocenters. The number of hydrogen-bond donors (Lipinski definition) is 2. The van der Waals surface area contributed by atoms with Crippen molar-refractivity contribution in [2.24, 2.45) is 0 Å². The quantitative estimate of drug-likeness (QED) is 0.134. The summed E-state index contributed by atoms with van der Waals surface area (Å²) in [5, 5.41) is 7.08. The molecule has 0 bridgehead atoms. The molecule has 0 saturated heterocycles. The molecule has 0 fully saturated rings. The Bertz CT molecular complexity index is 1830. The van der Waals surface area contributed by atoms with Crippen LogP contribution in [-0.2, 0) is 16.8 Å². The molecule has 5 aromatic rings. The Morgan fingerprint density at radius 3 is 2.20 bits per heavy atom. The lowest BCUT2D eigenvalue weighted by atomic mass is 9.77. The number of anilines is 4. The SMILES string of the molecule is CCCCCCc1ccc(Nc2ccc3c(c2)Oc2cc(C)c(Nc4ccccc4)cc2C32OC(=O)c3ccccc32)cc1. The molecule has 5 aromatic carbocycles. The van der Waals surface area contributed by atoms with Gasteiger partial charge in [-0.25, -0.2) is 4.79 Å². The zero-order chi connectivity index (χ0) is 30.1. The summed E-state index contributed by atoms with van der Waals surface area (Å²) in [4.78, 5) is 13.3. The number of fused-ring (bicyclic) bond motifs is 6. The van der Waals surface area contributed by atoms with E-state index in [4.69, 9.17) is 9.47 Å². The second-order valence-corrected chi connectivity index (χ2v) is 11.7. The maximum Gasteiger partial charge on any atom is 0.340 e. The highest BCUT2D eigenvalue weighted by atomic mass is 16.6. The molecule has 0 aromatic heterocycles. The van der Waals surface area contributed by atoms with Gasteiger partial charge < -0.3 is 20.1 Å². The molecule has 0 amide bonds. The molecule has 7 rings (SSSR count). The molecule has 2 heterocycles. The zero-order valence-corrected chi connectivity index (χ0v) is 25.2. The van der Waals surface area contributed by atoms with Crippen molar-refractivity contribution in [1.82, 2.24) is 0 Å². The van der Waals surface area contributed by atoms with E-state index in [1.165, 1.54) is 31.2 Å². The number of hydrogen-bond acceptors (Lipinski definition) is 5. The van der Waals surface area contributed by atoms with Crippen molar-refractivity contribution in [3.63, 3.8) is 0 Å². The van der Waals surface area contributed by atoms with Crippen LogP contribution in [0.3, 0.4) is 0 Å². The van der Waals surface area contributed by atoms with Gasteiger partial charge in [0.25, 0.3) is 0 Å². The van der Waals surface area contributed by atoms with Crippen molar-refractivity contribution in [3.05, 3.63) is 143 Å². The third-order valence-corrected chi connectivity index (χ3v) is 8.67. The van der Waals surface area contributed by atoms with Crippen LogP contribution in [0.4, 0.5) is 22.7 Å². The number of esters is 1. The standard InChI is InChI=1S/C39H36N2O3/c1-3-4-5-7-12-27-17-19-29(20-18-27)40-30-21-22-33-37(24-30)43-36-23-26(2)35(41-28-13-8-6-9-14-28)25-34(36)39(33)32-16-11-10-15-31(32)38(42)44-39/h6,8-11,13-25,40-41H,3-5,7,12H2,1-2H3. The fraction of sp³-hybridized carbons (Fsp3) is 0.205. The Morgan fingerprint density at radius 1 is 0.659 bits per heavy atom. The lowest BCUT2D eigenvalue weighted by Gasteiger charge is -2.37. The highest BCUT2D eigenvalue weighted by Gasteiger charge is 2.53. The third-order valence-electron chi connectivity index (χ3n) is 8.67. The number of para-hydroxylation sites is 1. The molecule has 5 heteroatoms. The topological polar surface area (TPSA) is 59.6 Å². The van der Waals surface area contributed by atoms with E-state index in [0.29, 0.717) is 17.1 Å². The molecule has 0 radical (unpaired) electrons. The van der Waals surface area contributed by atoms with Crippen LogP contribution in [-0.4, -0.2) is 5.97 Å². The predicted molar refractivity (Wildman–Crippen MR) is 177 cm³/mol. The average molecular weight is 581 g/mol. The molecule has 2 aliphatic rings. The van der Waals surface area contributed by atoms with E-state index in [1.54, 1.807) is 0 Å². The molecule has 220 valence electrons. The summed E-state index contributed by atoms with van der Waals surface area (Å²) in [6.07, 6.45) is 6.16. The summed E-state index contributed by atoms with van der Waals surface area (Å²) < 4.78 is 13.0. The van der Waals surface area contributed by atoms with Gasteiger partial charge in [-0.15, -0.1) is 0 Å². The number of aryl methyl sites for hydroxylation is 2. The van der Waals surface area contributed by atoms with Crippen LogP contribution < -0.4 is 15.4 Å². The van der Waals surface area contributed by atoms with Crippen LogP contribution in [0.1, 0.15) is 70.8 Å². The number of rotatable bonds is 9. The first kappa shape index (κ1) is 27.8. The Hall–Kier alpha value is -5.03. The molecule has 2 N–H and O–H groups in total. The fourth-order valence-electron chi connectivity index (χ4n) is 6.39. The lowest BCUT2D eigenvalue weighted by Crippen LogP contribution is -2.33.